The Kier molecular flexibility index (Phi) is 6.16. The Balaban J connectivity index is 4.82. The van der Waals surface area contributed by atoms with Crippen LogP contribution in [0.5, 0.6) is 0 Å². The number of hydrogen-bond acceptors (Lipinski definition) is 2. The number of amides is 2. The summed E-state index contributed by atoms with van der Waals surface area (Å²) >= 11 is 0. The number of aliphatic carboxylic acids is 1. The van der Waals surface area contributed by atoms with Gasteiger partial charge in [-0.05, 0) is 27.2 Å². The van der Waals surface area contributed by atoms with Gasteiger partial charge in [-0.25, -0.2) is 9.59 Å². The van der Waals surface area contributed by atoms with Crippen LogP contribution in [0.25, 0.3) is 0 Å². The molecule has 1 atom stereocenters. The van der Waals surface area contributed by atoms with Gasteiger partial charge in [-0.1, -0.05) is 12.2 Å². The Bertz CT molecular complexity index is 332. The van der Waals surface area contributed by atoms with Crippen molar-refractivity contribution in [3.63, 3.8) is 0 Å². The summed E-state index contributed by atoms with van der Waals surface area (Å²) in [7, 11) is 0. The summed E-state index contributed by atoms with van der Waals surface area (Å²) in [6, 6.07) is -1.37. The first-order valence-electron chi connectivity index (χ1n) is 5.76. The summed E-state index contributed by atoms with van der Waals surface area (Å²) in [4.78, 5) is 24.5. The van der Waals surface area contributed by atoms with Crippen LogP contribution in [0.15, 0.2) is 25.3 Å². The summed E-state index contributed by atoms with van der Waals surface area (Å²) in [5.41, 5.74) is -0.407. The second-order valence-electron chi connectivity index (χ2n) is 4.93. The van der Waals surface area contributed by atoms with Crippen molar-refractivity contribution in [1.29, 1.82) is 0 Å². The molecule has 0 bridgehead atoms. The van der Waals surface area contributed by atoms with Crippen molar-refractivity contribution in [3.05, 3.63) is 25.3 Å². The number of hydrogen-bond donors (Lipinski definition) is 2. The van der Waals surface area contributed by atoms with Gasteiger partial charge in [0.05, 0.1) is 0 Å². The first kappa shape index (κ1) is 16.2. The lowest BCUT2D eigenvalue weighted by Gasteiger charge is -2.35. The molecule has 1 unspecified atom stereocenters. The minimum atomic E-state index is -1.07. The molecular weight excluding hydrogens is 232 g/mol. The number of carbonyl (C=O) groups excluding carboxylic acids is 1. The molecule has 0 fully saturated rings. The smallest absolute Gasteiger partial charge is 0.326 e. The Morgan fingerprint density at radius 1 is 1.33 bits per heavy atom. The highest BCUT2D eigenvalue weighted by Crippen LogP contribution is 2.13. The molecular formula is C13H22N2O3. The number of nitrogens with one attached hydrogen (secondary N) is 1. The summed E-state index contributed by atoms with van der Waals surface area (Å²) in [5, 5.41) is 11.4. The topological polar surface area (TPSA) is 69.6 Å². The van der Waals surface area contributed by atoms with Crippen LogP contribution in [0, 0.1) is 0 Å². The van der Waals surface area contributed by atoms with Crippen molar-refractivity contribution in [3.8, 4) is 0 Å². The number of urea groups is 1. The van der Waals surface area contributed by atoms with E-state index < -0.39 is 23.6 Å². The fourth-order valence-corrected chi connectivity index (χ4v) is 1.41. The van der Waals surface area contributed by atoms with Gasteiger partial charge in [0.1, 0.15) is 6.04 Å². The van der Waals surface area contributed by atoms with E-state index in [1.165, 1.54) is 11.0 Å². The van der Waals surface area contributed by atoms with Gasteiger partial charge in [0, 0.05) is 12.1 Å². The van der Waals surface area contributed by atoms with Gasteiger partial charge in [-0.15, -0.1) is 13.2 Å². The normalized spacial score (nSPS) is 12.4. The van der Waals surface area contributed by atoms with Crippen LogP contribution >= 0.6 is 0 Å². The second-order valence-corrected chi connectivity index (χ2v) is 4.93. The fraction of sp³-hybridized carbons (Fsp3) is 0.538. The van der Waals surface area contributed by atoms with Gasteiger partial charge < -0.3 is 15.3 Å². The molecule has 18 heavy (non-hydrogen) atoms. The molecule has 0 aliphatic rings. The molecule has 0 radical (unpaired) electrons. The van der Waals surface area contributed by atoms with Crippen LogP contribution in [0.2, 0.25) is 0 Å². The van der Waals surface area contributed by atoms with E-state index in [-0.39, 0.29) is 6.42 Å². The van der Waals surface area contributed by atoms with E-state index in [9.17, 15) is 9.59 Å². The highest BCUT2D eigenvalue weighted by atomic mass is 16.4. The van der Waals surface area contributed by atoms with Crippen LogP contribution in [0.1, 0.15) is 27.2 Å². The molecule has 0 spiro atoms. The number of carboxylic acids is 1. The quantitative estimate of drug-likeness (QED) is 0.712. The Labute approximate surface area is 108 Å². The third-order valence-corrected chi connectivity index (χ3v) is 2.36. The monoisotopic (exact) mass is 254 g/mol. The van der Waals surface area contributed by atoms with Gasteiger partial charge in [-0.3, -0.25) is 0 Å². The lowest BCUT2D eigenvalue weighted by atomic mass is 10.1. The van der Waals surface area contributed by atoms with Crippen molar-refractivity contribution in [2.24, 2.45) is 0 Å². The Morgan fingerprint density at radius 2 is 1.89 bits per heavy atom. The summed E-state index contributed by atoms with van der Waals surface area (Å²) in [6.45, 7) is 13.0. The Morgan fingerprint density at radius 3 is 2.22 bits per heavy atom. The molecule has 5 nitrogen and oxygen atoms in total. The third kappa shape index (κ3) is 5.03. The lowest BCUT2D eigenvalue weighted by molar-refractivity contribution is -0.139. The standard InChI is InChI=1S/C13H22N2O3/c1-6-8-10(11(16)17)14-12(18)15(9-7-2)13(3,4)5/h6-7,10H,1-2,8-9H2,3-5H3,(H,14,18)(H,16,17). The number of rotatable bonds is 6. The van der Waals surface area contributed by atoms with Gasteiger partial charge in [-0.2, -0.15) is 0 Å². The van der Waals surface area contributed by atoms with E-state index in [1.807, 2.05) is 20.8 Å². The zero-order valence-electron chi connectivity index (χ0n) is 11.3. The SMILES string of the molecule is C=CCC(NC(=O)N(CC=C)C(C)(C)C)C(=O)O. The van der Waals surface area contributed by atoms with E-state index in [1.54, 1.807) is 6.08 Å². The van der Waals surface area contributed by atoms with Gasteiger partial charge >= 0.3 is 12.0 Å². The lowest BCUT2D eigenvalue weighted by Crippen LogP contribution is -2.54. The summed E-state index contributed by atoms with van der Waals surface area (Å²) in [5.74, 6) is -1.07. The van der Waals surface area contributed by atoms with Crippen molar-refractivity contribution in [2.45, 2.75) is 38.8 Å². The van der Waals surface area contributed by atoms with Crippen molar-refractivity contribution < 1.29 is 14.7 Å². The maximum atomic E-state index is 12.0. The van der Waals surface area contributed by atoms with E-state index in [0.29, 0.717) is 6.54 Å². The molecule has 0 rings (SSSR count). The minimum absolute atomic E-state index is 0.188. The number of carbonyl (C=O) groups is 2. The number of carboxylic acid groups (broad SMARTS) is 1. The molecule has 0 aromatic heterocycles. The van der Waals surface area contributed by atoms with Crippen molar-refractivity contribution >= 4 is 12.0 Å². The molecule has 2 amide bonds. The van der Waals surface area contributed by atoms with E-state index in [4.69, 9.17) is 5.11 Å². The molecule has 0 aliphatic carbocycles. The average Bonchev–Trinajstić information content (AvgIpc) is 2.23. The molecule has 0 aromatic carbocycles. The molecule has 0 heterocycles. The molecule has 0 saturated heterocycles. The Hall–Kier alpha value is -1.78. The van der Waals surface area contributed by atoms with E-state index >= 15 is 0 Å². The maximum Gasteiger partial charge on any atom is 0.326 e. The van der Waals surface area contributed by atoms with Crippen LogP contribution in [0.4, 0.5) is 4.79 Å². The predicted molar refractivity (Wildman–Crippen MR) is 71.4 cm³/mol. The summed E-state index contributed by atoms with van der Waals surface area (Å²) in [6.07, 6.45) is 3.26. The number of nitrogens with zero attached hydrogens (tertiary/aromatic N) is 1. The highest BCUT2D eigenvalue weighted by molar-refractivity contribution is 5.83. The molecule has 0 aromatic rings. The predicted octanol–water partition coefficient (Wildman–Crippen LogP) is 2.01. The van der Waals surface area contributed by atoms with Crippen LogP contribution in [-0.2, 0) is 4.79 Å². The largest absolute Gasteiger partial charge is 0.480 e. The molecule has 102 valence electrons. The fourth-order valence-electron chi connectivity index (χ4n) is 1.41. The molecule has 2 N–H and O–H groups in total. The molecule has 0 aliphatic heterocycles. The maximum absolute atomic E-state index is 12.0. The van der Waals surface area contributed by atoms with Crippen LogP contribution < -0.4 is 5.32 Å². The summed E-state index contributed by atoms with van der Waals surface area (Å²) < 4.78 is 0. The minimum Gasteiger partial charge on any atom is -0.480 e. The van der Waals surface area contributed by atoms with Crippen molar-refractivity contribution in [2.75, 3.05) is 6.54 Å². The van der Waals surface area contributed by atoms with Crippen LogP contribution in [0.3, 0.4) is 0 Å². The van der Waals surface area contributed by atoms with E-state index in [0.717, 1.165) is 0 Å². The van der Waals surface area contributed by atoms with Gasteiger partial charge in [0.25, 0.3) is 0 Å². The zero-order valence-corrected chi connectivity index (χ0v) is 11.3. The first-order valence-corrected chi connectivity index (χ1v) is 5.76. The van der Waals surface area contributed by atoms with Crippen LogP contribution in [-0.4, -0.2) is 40.1 Å². The van der Waals surface area contributed by atoms with Crippen molar-refractivity contribution in [1.82, 2.24) is 10.2 Å². The third-order valence-electron chi connectivity index (χ3n) is 2.36. The zero-order chi connectivity index (χ0) is 14.3. The first-order chi connectivity index (χ1) is 8.23. The second kappa shape index (κ2) is 6.83. The highest BCUT2D eigenvalue weighted by Gasteiger charge is 2.28. The molecule has 0 saturated carbocycles. The van der Waals surface area contributed by atoms with Gasteiger partial charge in [0.2, 0.25) is 0 Å². The molecule has 5 heteroatoms. The van der Waals surface area contributed by atoms with Gasteiger partial charge in [0.15, 0.2) is 0 Å². The van der Waals surface area contributed by atoms with E-state index in [2.05, 4.69) is 18.5 Å². The average molecular weight is 254 g/mol.